The molecule has 0 bridgehead atoms. The first-order valence-electron chi connectivity index (χ1n) is 7.80. The third-order valence-corrected chi connectivity index (χ3v) is 3.97. The maximum absolute atomic E-state index is 12.3. The number of urea groups is 1. The van der Waals surface area contributed by atoms with Crippen LogP contribution < -0.4 is 10.6 Å². The fourth-order valence-electron chi connectivity index (χ4n) is 2.55. The second-order valence-corrected chi connectivity index (χ2v) is 6.41. The lowest BCUT2D eigenvalue weighted by Crippen LogP contribution is -2.35. The number of hydrogen-bond donors (Lipinski definition) is 3. The van der Waals surface area contributed by atoms with Crippen LogP contribution in [0, 0.1) is 5.92 Å². The molecule has 0 unspecified atom stereocenters. The van der Waals surface area contributed by atoms with E-state index in [1.807, 2.05) is 38.1 Å². The van der Waals surface area contributed by atoms with Gasteiger partial charge in [0.05, 0.1) is 17.1 Å². The van der Waals surface area contributed by atoms with E-state index in [-0.39, 0.29) is 18.0 Å². The molecule has 6 heteroatoms. The number of carbonyl (C=O) groups excluding carboxylic acids is 1. The van der Waals surface area contributed by atoms with Crippen molar-refractivity contribution in [3.63, 3.8) is 0 Å². The second kappa shape index (κ2) is 6.93. The minimum atomic E-state index is -0.295. The van der Waals surface area contributed by atoms with Gasteiger partial charge < -0.3 is 15.6 Å². The van der Waals surface area contributed by atoms with Gasteiger partial charge in [0.2, 0.25) is 0 Å². The van der Waals surface area contributed by atoms with Gasteiger partial charge in [-0.05, 0) is 36.2 Å². The Labute approximate surface area is 145 Å². The fourth-order valence-corrected chi connectivity index (χ4v) is 2.74. The number of hydrogen-bond acceptors (Lipinski definition) is 2. The Kier molecular flexibility index (Phi) is 4.71. The molecule has 3 rings (SSSR count). The van der Waals surface area contributed by atoms with E-state index in [0.29, 0.717) is 10.7 Å². The average Bonchev–Trinajstić information content (AvgIpc) is 2.96. The standard InChI is InChI=1S/C18H19ClN4O/c1-11(2)16(17-21-14-8-3-4-9-15(14)22-17)23-18(24)20-13-7-5-6-12(19)10-13/h3-11,16H,1-2H3,(H,21,22)(H2,20,23,24)/t16-/m1/s1. The molecule has 2 aromatic carbocycles. The highest BCUT2D eigenvalue weighted by Crippen LogP contribution is 2.22. The highest BCUT2D eigenvalue weighted by molar-refractivity contribution is 6.30. The molecule has 0 saturated heterocycles. The van der Waals surface area contributed by atoms with Gasteiger partial charge in [-0.25, -0.2) is 9.78 Å². The van der Waals surface area contributed by atoms with Gasteiger partial charge in [0, 0.05) is 10.7 Å². The van der Waals surface area contributed by atoms with E-state index in [2.05, 4.69) is 20.6 Å². The molecule has 3 N–H and O–H groups in total. The number of halogens is 1. The SMILES string of the molecule is CC(C)[C@@H](NC(=O)Nc1cccc(Cl)c1)c1nc2ccccc2[nH]1. The molecule has 1 atom stereocenters. The van der Waals surface area contributed by atoms with E-state index in [0.717, 1.165) is 16.9 Å². The molecule has 124 valence electrons. The van der Waals surface area contributed by atoms with E-state index in [4.69, 9.17) is 11.6 Å². The maximum Gasteiger partial charge on any atom is 0.319 e. The van der Waals surface area contributed by atoms with Crippen molar-refractivity contribution >= 4 is 34.4 Å². The number of para-hydroxylation sites is 2. The van der Waals surface area contributed by atoms with Crippen molar-refractivity contribution in [1.29, 1.82) is 0 Å². The molecule has 1 heterocycles. The van der Waals surface area contributed by atoms with Gasteiger partial charge in [-0.3, -0.25) is 0 Å². The number of nitrogens with zero attached hydrogens (tertiary/aromatic N) is 1. The Morgan fingerprint density at radius 1 is 1.17 bits per heavy atom. The van der Waals surface area contributed by atoms with Crippen molar-refractivity contribution in [1.82, 2.24) is 15.3 Å². The maximum atomic E-state index is 12.3. The number of benzene rings is 2. The number of fused-ring (bicyclic) bond motifs is 1. The molecule has 0 aliphatic rings. The van der Waals surface area contributed by atoms with Crippen molar-refractivity contribution in [3.8, 4) is 0 Å². The number of nitrogens with one attached hydrogen (secondary N) is 3. The van der Waals surface area contributed by atoms with E-state index in [1.54, 1.807) is 24.3 Å². The van der Waals surface area contributed by atoms with Crippen molar-refractivity contribution in [2.24, 2.45) is 5.92 Å². The van der Waals surface area contributed by atoms with Crippen LogP contribution >= 0.6 is 11.6 Å². The predicted molar refractivity (Wildman–Crippen MR) is 97.3 cm³/mol. The fraction of sp³-hybridized carbons (Fsp3) is 0.222. The van der Waals surface area contributed by atoms with E-state index < -0.39 is 0 Å². The largest absolute Gasteiger partial charge is 0.340 e. The van der Waals surface area contributed by atoms with Gasteiger partial charge in [0.1, 0.15) is 5.82 Å². The molecule has 0 fully saturated rings. The number of aromatic nitrogens is 2. The zero-order chi connectivity index (χ0) is 17.1. The lowest BCUT2D eigenvalue weighted by atomic mass is 10.0. The first kappa shape index (κ1) is 16.3. The van der Waals surface area contributed by atoms with Crippen LogP contribution in [-0.4, -0.2) is 16.0 Å². The number of carbonyl (C=O) groups is 1. The molecule has 0 radical (unpaired) electrons. The minimum absolute atomic E-state index is 0.177. The van der Waals surface area contributed by atoms with Crippen LogP contribution in [0.3, 0.4) is 0 Å². The molecule has 1 aromatic heterocycles. The van der Waals surface area contributed by atoms with Crippen molar-refractivity contribution < 1.29 is 4.79 Å². The normalized spacial score (nSPS) is 12.3. The Hall–Kier alpha value is -2.53. The van der Waals surface area contributed by atoms with Gasteiger partial charge >= 0.3 is 6.03 Å². The molecular weight excluding hydrogens is 324 g/mol. The van der Waals surface area contributed by atoms with Crippen LogP contribution in [0.15, 0.2) is 48.5 Å². The number of rotatable bonds is 4. The zero-order valence-electron chi connectivity index (χ0n) is 13.5. The highest BCUT2D eigenvalue weighted by Gasteiger charge is 2.21. The lowest BCUT2D eigenvalue weighted by molar-refractivity contribution is 0.244. The number of anilines is 1. The lowest BCUT2D eigenvalue weighted by Gasteiger charge is -2.20. The first-order valence-corrected chi connectivity index (χ1v) is 8.18. The topological polar surface area (TPSA) is 69.8 Å². The Bertz CT molecular complexity index is 826. The van der Waals surface area contributed by atoms with E-state index in [1.165, 1.54) is 0 Å². The Morgan fingerprint density at radius 2 is 1.96 bits per heavy atom. The molecule has 0 aliphatic heterocycles. The van der Waals surface area contributed by atoms with Gasteiger partial charge in [-0.2, -0.15) is 0 Å². The van der Waals surface area contributed by atoms with Crippen LogP contribution in [0.5, 0.6) is 0 Å². The summed E-state index contributed by atoms with van der Waals surface area (Å²) in [6.45, 7) is 4.08. The quantitative estimate of drug-likeness (QED) is 0.641. The number of H-pyrrole nitrogens is 1. The van der Waals surface area contributed by atoms with Gasteiger partial charge in [0.25, 0.3) is 0 Å². The second-order valence-electron chi connectivity index (χ2n) is 5.97. The number of amides is 2. The zero-order valence-corrected chi connectivity index (χ0v) is 14.3. The summed E-state index contributed by atoms with van der Waals surface area (Å²) < 4.78 is 0. The van der Waals surface area contributed by atoms with Crippen LogP contribution in [0.25, 0.3) is 11.0 Å². The number of aromatic amines is 1. The minimum Gasteiger partial charge on any atom is -0.340 e. The van der Waals surface area contributed by atoms with Crippen molar-refractivity contribution in [2.45, 2.75) is 19.9 Å². The molecule has 0 spiro atoms. The molecule has 0 saturated carbocycles. The van der Waals surface area contributed by atoms with Crippen LogP contribution in [0.1, 0.15) is 25.7 Å². The summed E-state index contributed by atoms with van der Waals surface area (Å²) in [5, 5.41) is 6.34. The van der Waals surface area contributed by atoms with Crippen LogP contribution in [-0.2, 0) is 0 Å². The Morgan fingerprint density at radius 3 is 2.67 bits per heavy atom. The molecule has 2 amide bonds. The van der Waals surface area contributed by atoms with Gasteiger partial charge in [-0.1, -0.05) is 43.6 Å². The molecule has 3 aromatic rings. The molecular formula is C18H19ClN4O. The summed E-state index contributed by atoms with van der Waals surface area (Å²) in [6.07, 6.45) is 0. The van der Waals surface area contributed by atoms with Gasteiger partial charge in [-0.15, -0.1) is 0 Å². The summed E-state index contributed by atoms with van der Waals surface area (Å²) in [6, 6.07) is 14.3. The van der Waals surface area contributed by atoms with E-state index >= 15 is 0 Å². The van der Waals surface area contributed by atoms with Crippen molar-refractivity contribution in [2.75, 3.05) is 5.32 Å². The summed E-state index contributed by atoms with van der Waals surface area (Å²) in [7, 11) is 0. The smallest absolute Gasteiger partial charge is 0.319 e. The van der Waals surface area contributed by atoms with Gasteiger partial charge in [0.15, 0.2) is 0 Å². The number of imidazole rings is 1. The van der Waals surface area contributed by atoms with E-state index in [9.17, 15) is 4.79 Å². The molecule has 0 aliphatic carbocycles. The van der Waals surface area contributed by atoms with Crippen LogP contribution in [0.4, 0.5) is 10.5 Å². The summed E-state index contributed by atoms with van der Waals surface area (Å²) in [5.74, 6) is 0.920. The predicted octanol–water partition coefficient (Wildman–Crippen LogP) is 4.74. The average molecular weight is 343 g/mol. The third kappa shape index (κ3) is 3.68. The Balaban J connectivity index is 1.77. The summed E-state index contributed by atoms with van der Waals surface area (Å²) >= 11 is 5.94. The summed E-state index contributed by atoms with van der Waals surface area (Å²) in [4.78, 5) is 20.2. The molecule has 5 nitrogen and oxygen atoms in total. The summed E-state index contributed by atoms with van der Waals surface area (Å²) in [5.41, 5.74) is 2.48. The molecule has 24 heavy (non-hydrogen) atoms. The first-order chi connectivity index (χ1) is 11.5. The van der Waals surface area contributed by atoms with Crippen molar-refractivity contribution in [3.05, 3.63) is 59.4 Å². The monoisotopic (exact) mass is 342 g/mol. The third-order valence-electron chi connectivity index (χ3n) is 3.74. The highest BCUT2D eigenvalue weighted by atomic mass is 35.5. The van der Waals surface area contributed by atoms with Crippen LogP contribution in [0.2, 0.25) is 5.02 Å².